The van der Waals surface area contributed by atoms with Gasteiger partial charge in [0.15, 0.2) is 0 Å². The minimum Gasteiger partial charge on any atom is -0.347 e. The summed E-state index contributed by atoms with van der Waals surface area (Å²) in [6, 6.07) is 7.45. The van der Waals surface area contributed by atoms with Crippen molar-refractivity contribution in [3.8, 4) is 0 Å². The maximum absolute atomic E-state index is 12.4. The van der Waals surface area contributed by atoms with Crippen LogP contribution in [0.2, 0.25) is 0 Å². The number of carbonyl (C=O) groups is 2. The van der Waals surface area contributed by atoms with Crippen molar-refractivity contribution in [1.29, 1.82) is 0 Å². The summed E-state index contributed by atoms with van der Waals surface area (Å²) in [5.41, 5.74) is 0.931. The number of anilines is 1. The molecular formula is C18H28ClN3O2. The Labute approximate surface area is 150 Å². The number of rotatable bonds is 3. The summed E-state index contributed by atoms with van der Waals surface area (Å²) in [5.74, 6) is -0.0749. The molecule has 2 rings (SSSR count). The Bertz CT molecular complexity index is 584. The van der Waals surface area contributed by atoms with Crippen LogP contribution in [-0.2, 0) is 4.79 Å². The Morgan fingerprint density at radius 1 is 1.25 bits per heavy atom. The van der Waals surface area contributed by atoms with E-state index in [1.807, 2.05) is 26.8 Å². The zero-order valence-corrected chi connectivity index (χ0v) is 15.6. The van der Waals surface area contributed by atoms with Crippen LogP contribution in [0.4, 0.5) is 5.69 Å². The van der Waals surface area contributed by atoms with Crippen molar-refractivity contribution in [2.45, 2.75) is 52.1 Å². The summed E-state index contributed by atoms with van der Waals surface area (Å²) in [6.07, 6.45) is 1.69. The van der Waals surface area contributed by atoms with Gasteiger partial charge in [0.25, 0.3) is 5.91 Å². The number of hydrogen-bond acceptors (Lipinski definition) is 3. The third-order valence-electron chi connectivity index (χ3n) is 3.88. The zero-order valence-electron chi connectivity index (χ0n) is 14.8. The van der Waals surface area contributed by atoms with Gasteiger partial charge in [0.1, 0.15) is 0 Å². The molecule has 0 radical (unpaired) electrons. The predicted molar refractivity (Wildman–Crippen MR) is 99.7 cm³/mol. The molecule has 1 aliphatic rings. The molecule has 1 fully saturated rings. The molecule has 1 saturated heterocycles. The molecule has 5 nitrogen and oxygen atoms in total. The Hall–Kier alpha value is -1.59. The summed E-state index contributed by atoms with van der Waals surface area (Å²) < 4.78 is 0. The zero-order chi connectivity index (χ0) is 17.0. The van der Waals surface area contributed by atoms with Crippen LogP contribution in [0, 0.1) is 5.92 Å². The number of benzene rings is 1. The molecule has 0 saturated carbocycles. The highest BCUT2D eigenvalue weighted by atomic mass is 35.5. The molecule has 2 amide bonds. The fourth-order valence-corrected chi connectivity index (χ4v) is 2.77. The van der Waals surface area contributed by atoms with Crippen molar-refractivity contribution in [3.63, 3.8) is 0 Å². The molecule has 1 aliphatic heterocycles. The van der Waals surface area contributed by atoms with Gasteiger partial charge < -0.3 is 16.0 Å². The SMILES string of the molecule is C[C@H]1C[C@@H](C(=O)Nc2cccc(C(=O)NC(C)(C)C)c2)CCN1.Cl. The minimum atomic E-state index is -0.290. The third kappa shape index (κ3) is 6.13. The summed E-state index contributed by atoms with van der Waals surface area (Å²) >= 11 is 0. The molecule has 1 aromatic rings. The molecule has 0 aliphatic carbocycles. The average Bonchev–Trinajstić information content (AvgIpc) is 2.45. The largest absolute Gasteiger partial charge is 0.347 e. The van der Waals surface area contributed by atoms with Crippen molar-refractivity contribution in [1.82, 2.24) is 10.6 Å². The van der Waals surface area contributed by atoms with Crippen LogP contribution in [0.1, 0.15) is 50.9 Å². The lowest BCUT2D eigenvalue weighted by Gasteiger charge is -2.27. The third-order valence-corrected chi connectivity index (χ3v) is 3.88. The van der Waals surface area contributed by atoms with E-state index in [1.165, 1.54) is 0 Å². The number of piperidine rings is 1. The molecule has 3 N–H and O–H groups in total. The number of nitrogens with one attached hydrogen (secondary N) is 3. The molecule has 0 bridgehead atoms. The van der Waals surface area contributed by atoms with Crippen LogP contribution in [0.5, 0.6) is 0 Å². The molecule has 2 atom stereocenters. The van der Waals surface area contributed by atoms with Gasteiger partial charge in [0.2, 0.25) is 5.91 Å². The van der Waals surface area contributed by atoms with Crippen molar-refractivity contribution >= 4 is 29.9 Å². The fraction of sp³-hybridized carbons (Fsp3) is 0.556. The molecule has 0 spiro atoms. The molecule has 6 heteroatoms. The van der Waals surface area contributed by atoms with Gasteiger partial charge in [-0.05, 0) is 65.3 Å². The van der Waals surface area contributed by atoms with Crippen molar-refractivity contribution < 1.29 is 9.59 Å². The van der Waals surface area contributed by atoms with Gasteiger partial charge in [-0.15, -0.1) is 12.4 Å². The van der Waals surface area contributed by atoms with Crippen LogP contribution in [-0.4, -0.2) is 29.9 Å². The van der Waals surface area contributed by atoms with Gasteiger partial charge in [-0.25, -0.2) is 0 Å². The van der Waals surface area contributed by atoms with Crippen molar-refractivity contribution in [2.75, 3.05) is 11.9 Å². The quantitative estimate of drug-likeness (QED) is 0.782. The first-order valence-electron chi connectivity index (χ1n) is 8.21. The highest BCUT2D eigenvalue weighted by molar-refractivity contribution is 5.98. The standard InChI is InChI=1S/C18H27N3O2.ClH/c1-12-10-14(8-9-19-12)16(22)20-15-7-5-6-13(11-15)17(23)21-18(2,3)4;/h5-7,11-12,14,19H,8-10H2,1-4H3,(H,20,22)(H,21,23);1H/t12-,14-;/m0./s1. The first-order valence-corrected chi connectivity index (χ1v) is 8.21. The van der Waals surface area contributed by atoms with E-state index in [0.29, 0.717) is 17.3 Å². The van der Waals surface area contributed by atoms with Crippen LogP contribution < -0.4 is 16.0 Å². The lowest BCUT2D eigenvalue weighted by atomic mass is 9.92. The molecule has 1 heterocycles. The van der Waals surface area contributed by atoms with E-state index in [1.54, 1.807) is 18.2 Å². The average molecular weight is 354 g/mol. The lowest BCUT2D eigenvalue weighted by molar-refractivity contribution is -0.120. The molecule has 24 heavy (non-hydrogen) atoms. The van der Waals surface area contributed by atoms with Gasteiger partial charge in [-0.3, -0.25) is 9.59 Å². The Morgan fingerprint density at radius 2 is 1.96 bits per heavy atom. The predicted octanol–water partition coefficient (Wildman–Crippen LogP) is 2.96. The van der Waals surface area contributed by atoms with Gasteiger partial charge in [0, 0.05) is 28.7 Å². The Morgan fingerprint density at radius 3 is 2.58 bits per heavy atom. The number of carbonyl (C=O) groups excluding carboxylic acids is 2. The summed E-state index contributed by atoms with van der Waals surface area (Å²) in [4.78, 5) is 24.6. The first kappa shape index (κ1) is 20.5. The molecular weight excluding hydrogens is 326 g/mol. The smallest absolute Gasteiger partial charge is 0.251 e. The summed E-state index contributed by atoms with van der Waals surface area (Å²) in [7, 11) is 0. The molecule has 1 aromatic carbocycles. The van der Waals surface area contributed by atoms with Crippen molar-refractivity contribution in [3.05, 3.63) is 29.8 Å². The summed E-state index contributed by atoms with van der Waals surface area (Å²) in [6.45, 7) is 8.78. The van der Waals surface area contributed by atoms with E-state index < -0.39 is 0 Å². The lowest BCUT2D eigenvalue weighted by Crippen LogP contribution is -2.41. The van der Waals surface area contributed by atoms with Crippen LogP contribution in [0.15, 0.2) is 24.3 Å². The normalized spacial score (nSPS) is 20.7. The van der Waals surface area contributed by atoms with Gasteiger partial charge in [-0.1, -0.05) is 6.07 Å². The van der Waals surface area contributed by atoms with Crippen LogP contribution >= 0.6 is 12.4 Å². The van der Waals surface area contributed by atoms with E-state index in [0.717, 1.165) is 19.4 Å². The molecule has 0 unspecified atom stereocenters. The highest BCUT2D eigenvalue weighted by Crippen LogP contribution is 2.19. The number of halogens is 1. The van der Waals surface area contributed by atoms with Gasteiger partial charge in [-0.2, -0.15) is 0 Å². The monoisotopic (exact) mass is 353 g/mol. The topological polar surface area (TPSA) is 70.2 Å². The number of hydrogen-bond donors (Lipinski definition) is 3. The van der Waals surface area contributed by atoms with Gasteiger partial charge >= 0.3 is 0 Å². The Balaban J connectivity index is 0.00000288. The maximum Gasteiger partial charge on any atom is 0.251 e. The van der Waals surface area contributed by atoms with E-state index in [2.05, 4.69) is 22.9 Å². The molecule has 0 aromatic heterocycles. The van der Waals surface area contributed by atoms with E-state index in [4.69, 9.17) is 0 Å². The maximum atomic E-state index is 12.4. The molecule has 134 valence electrons. The second-order valence-corrected chi connectivity index (χ2v) is 7.35. The first-order chi connectivity index (χ1) is 10.7. The summed E-state index contributed by atoms with van der Waals surface area (Å²) in [5, 5.41) is 9.21. The Kier molecular flexibility index (Phi) is 7.24. The second kappa shape index (κ2) is 8.49. The second-order valence-electron chi connectivity index (χ2n) is 7.35. The van der Waals surface area contributed by atoms with E-state index >= 15 is 0 Å². The van der Waals surface area contributed by atoms with Crippen LogP contribution in [0.3, 0.4) is 0 Å². The van der Waals surface area contributed by atoms with E-state index in [9.17, 15) is 9.59 Å². The fourth-order valence-electron chi connectivity index (χ4n) is 2.77. The van der Waals surface area contributed by atoms with Crippen molar-refractivity contribution in [2.24, 2.45) is 5.92 Å². The van der Waals surface area contributed by atoms with E-state index in [-0.39, 0.29) is 35.7 Å². The highest BCUT2D eigenvalue weighted by Gasteiger charge is 2.25. The number of amides is 2. The minimum absolute atomic E-state index is 0. The van der Waals surface area contributed by atoms with Crippen LogP contribution in [0.25, 0.3) is 0 Å². The van der Waals surface area contributed by atoms with Gasteiger partial charge in [0.05, 0.1) is 0 Å².